The van der Waals surface area contributed by atoms with E-state index in [1.54, 1.807) is 7.05 Å². The van der Waals surface area contributed by atoms with Crippen molar-refractivity contribution in [2.24, 2.45) is 7.05 Å². The van der Waals surface area contributed by atoms with Crippen molar-refractivity contribution in [3.8, 4) is 0 Å². The fraction of sp³-hybridized carbons (Fsp3) is 0.545. The van der Waals surface area contributed by atoms with E-state index in [2.05, 4.69) is 10.3 Å². The molecule has 1 aromatic heterocycles. The number of aromatic nitrogens is 2. The van der Waals surface area contributed by atoms with E-state index in [1.807, 2.05) is 4.90 Å². The molecule has 0 spiro atoms. The highest BCUT2D eigenvalue weighted by Gasteiger charge is 2.48. The second-order valence-electron chi connectivity index (χ2n) is 9.16. The number of nitrogens with one attached hydrogen (secondary N) is 1. The number of carbonyl (C=O) groups excluding carboxylic acids is 1. The quantitative estimate of drug-likeness (QED) is 0.556. The topological polar surface area (TPSA) is 87.5 Å². The van der Waals surface area contributed by atoms with Crippen LogP contribution in [-0.2, 0) is 17.1 Å². The Morgan fingerprint density at radius 2 is 1.72 bits per heavy atom. The standard InChI is InChI=1S/C22H27F4N5O3S.ClH/c1-29-13-19(28-15-29)35(33,34)31-10-8-30(9-11-31)21(4-6-22(25,26)7-5-21)14-27-20(32)17-3-2-16(23)12-18(17)24;/h2-3,12-13,15H,4-11,14H2,1H3,(H,27,32);1H. The molecule has 1 aliphatic carbocycles. The third-order valence-corrected chi connectivity index (χ3v) is 8.65. The van der Waals surface area contributed by atoms with Gasteiger partial charge in [-0.3, -0.25) is 9.69 Å². The molecule has 2 fully saturated rings. The minimum absolute atomic E-state index is 0. The van der Waals surface area contributed by atoms with E-state index in [4.69, 9.17) is 0 Å². The summed E-state index contributed by atoms with van der Waals surface area (Å²) in [6, 6.07) is 2.60. The van der Waals surface area contributed by atoms with Gasteiger partial charge in [0.1, 0.15) is 11.6 Å². The number of amides is 1. The van der Waals surface area contributed by atoms with E-state index in [1.165, 1.54) is 21.4 Å². The molecule has 1 amide bonds. The maximum atomic E-state index is 14.0. The van der Waals surface area contributed by atoms with Crippen molar-refractivity contribution in [2.75, 3.05) is 32.7 Å². The van der Waals surface area contributed by atoms with Gasteiger partial charge in [-0.2, -0.15) is 4.31 Å². The highest BCUT2D eigenvalue weighted by Crippen LogP contribution is 2.42. The Balaban J connectivity index is 0.00000361. The summed E-state index contributed by atoms with van der Waals surface area (Å²) in [7, 11) is -2.13. The van der Waals surface area contributed by atoms with Crippen LogP contribution in [-0.4, -0.2) is 77.3 Å². The molecule has 1 saturated heterocycles. The van der Waals surface area contributed by atoms with Gasteiger partial charge in [-0.05, 0) is 25.0 Å². The molecule has 8 nitrogen and oxygen atoms in total. The number of benzene rings is 1. The number of hydrogen-bond acceptors (Lipinski definition) is 5. The van der Waals surface area contributed by atoms with Gasteiger partial charge in [-0.1, -0.05) is 0 Å². The van der Waals surface area contributed by atoms with Crippen molar-refractivity contribution in [2.45, 2.75) is 42.2 Å². The molecule has 4 rings (SSSR count). The van der Waals surface area contributed by atoms with E-state index in [-0.39, 0.29) is 81.4 Å². The van der Waals surface area contributed by atoms with Gasteiger partial charge >= 0.3 is 0 Å². The molecule has 1 aliphatic heterocycles. The van der Waals surface area contributed by atoms with Crippen molar-refractivity contribution in [3.05, 3.63) is 47.9 Å². The Kier molecular flexibility index (Phi) is 8.38. The smallest absolute Gasteiger partial charge is 0.262 e. The zero-order valence-electron chi connectivity index (χ0n) is 19.6. The fourth-order valence-electron chi connectivity index (χ4n) is 4.76. The number of sulfonamides is 1. The molecule has 36 heavy (non-hydrogen) atoms. The van der Waals surface area contributed by atoms with Crippen molar-refractivity contribution in [1.82, 2.24) is 24.1 Å². The number of alkyl halides is 2. The molecule has 2 heterocycles. The average Bonchev–Trinajstić information content (AvgIpc) is 3.26. The molecule has 1 saturated carbocycles. The molecule has 0 unspecified atom stereocenters. The van der Waals surface area contributed by atoms with Crippen molar-refractivity contribution in [3.63, 3.8) is 0 Å². The largest absolute Gasteiger partial charge is 0.350 e. The summed E-state index contributed by atoms with van der Waals surface area (Å²) in [5, 5.41) is 2.57. The highest BCUT2D eigenvalue weighted by atomic mass is 35.5. The average molecular weight is 554 g/mol. The van der Waals surface area contributed by atoms with Crippen LogP contribution in [0.5, 0.6) is 0 Å². The number of nitrogens with zero attached hydrogens (tertiary/aromatic N) is 4. The number of imidazole rings is 1. The number of piperazine rings is 1. The van der Waals surface area contributed by atoms with Gasteiger partial charge in [-0.15, -0.1) is 12.4 Å². The molecular formula is C22H28ClF4N5O3S. The lowest BCUT2D eigenvalue weighted by atomic mass is 9.78. The Bertz CT molecular complexity index is 1190. The first-order chi connectivity index (χ1) is 16.4. The SMILES string of the molecule is Cl.Cn1cnc(S(=O)(=O)N2CCN(C3(CNC(=O)c4ccc(F)cc4F)CCC(F)(F)CC3)CC2)c1. The summed E-state index contributed by atoms with van der Waals surface area (Å²) in [5.74, 6) is -5.42. The number of halogens is 5. The van der Waals surface area contributed by atoms with Crippen molar-refractivity contribution < 1.29 is 30.8 Å². The lowest BCUT2D eigenvalue weighted by molar-refractivity contribution is -0.0856. The third-order valence-electron chi connectivity index (χ3n) is 6.86. The Morgan fingerprint density at radius 3 is 2.28 bits per heavy atom. The van der Waals surface area contributed by atoms with E-state index >= 15 is 0 Å². The molecule has 0 atom stereocenters. The number of carbonyl (C=O) groups is 1. The van der Waals surface area contributed by atoms with Crippen molar-refractivity contribution in [1.29, 1.82) is 0 Å². The summed E-state index contributed by atoms with van der Waals surface area (Å²) in [6.07, 6.45) is 2.22. The maximum Gasteiger partial charge on any atom is 0.262 e. The van der Waals surface area contributed by atoms with E-state index in [9.17, 15) is 30.8 Å². The van der Waals surface area contributed by atoms with Crippen LogP contribution in [0.2, 0.25) is 0 Å². The second-order valence-corrected chi connectivity index (χ2v) is 11.0. The fourth-order valence-corrected chi connectivity index (χ4v) is 6.15. The molecule has 2 aliphatic rings. The van der Waals surface area contributed by atoms with Crippen LogP contribution >= 0.6 is 12.4 Å². The van der Waals surface area contributed by atoms with Gasteiger partial charge in [0.25, 0.3) is 15.9 Å². The first kappa shape index (κ1) is 28.4. The minimum atomic E-state index is -3.79. The molecule has 200 valence electrons. The van der Waals surface area contributed by atoms with Gasteiger partial charge in [0, 0.05) is 70.4 Å². The Morgan fingerprint density at radius 1 is 1.08 bits per heavy atom. The highest BCUT2D eigenvalue weighted by molar-refractivity contribution is 7.89. The summed E-state index contributed by atoms with van der Waals surface area (Å²) >= 11 is 0. The predicted octanol–water partition coefficient (Wildman–Crippen LogP) is 2.80. The van der Waals surface area contributed by atoms with Gasteiger partial charge in [0.2, 0.25) is 5.92 Å². The molecule has 1 aromatic carbocycles. The summed E-state index contributed by atoms with van der Waals surface area (Å²) in [4.78, 5) is 18.4. The number of rotatable bonds is 6. The molecule has 1 N–H and O–H groups in total. The van der Waals surface area contributed by atoms with Gasteiger partial charge < -0.3 is 9.88 Å². The van der Waals surface area contributed by atoms with Crippen LogP contribution in [0.15, 0.2) is 35.7 Å². The van der Waals surface area contributed by atoms with Gasteiger partial charge in [0.05, 0.1) is 11.9 Å². The number of aryl methyl sites for hydroxylation is 1. The second kappa shape index (κ2) is 10.6. The number of hydrogen-bond donors (Lipinski definition) is 1. The zero-order chi connectivity index (χ0) is 25.4. The molecular weight excluding hydrogens is 526 g/mol. The lowest BCUT2D eigenvalue weighted by Gasteiger charge is -2.50. The third kappa shape index (κ3) is 5.84. The molecule has 0 bridgehead atoms. The minimum Gasteiger partial charge on any atom is -0.350 e. The van der Waals surface area contributed by atoms with Crippen LogP contribution in [0.4, 0.5) is 17.6 Å². The predicted molar refractivity (Wildman–Crippen MR) is 126 cm³/mol. The lowest BCUT2D eigenvalue weighted by Crippen LogP contribution is -2.63. The van der Waals surface area contributed by atoms with E-state index < -0.39 is 39.0 Å². The molecule has 2 aromatic rings. The monoisotopic (exact) mass is 553 g/mol. The summed E-state index contributed by atoms with van der Waals surface area (Å²) in [5.41, 5.74) is -1.18. The molecule has 0 radical (unpaired) electrons. The van der Waals surface area contributed by atoms with E-state index in [0.29, 0.717) is 6.07 Å². The van der Waals surface area contributed by atoms with Crippen LogP contribution < -0.4 is 5.32 Å². The summed E-state index contributed by atoms with van der Waals surface area (Å²) < 4.78 is 83.8. The normalized spacial score (nSPS) is 20.5. The van der Waals surface area contributed by atoms with Gasteiger partial charge in [0.15, 0.2) is 5.03 Å². The van der Waals surface area contributed by atoms with Crippen molar-refractivity contribution >= 4 is 28.3 Å². The van der Waals surface area contributed by atoms with Crippen LogP contribution in [0.1, 0.15) is 36.0 Å². The zero-order valence-corrected chi connectivity index (χ0v) is 21.2. The molecule has 14 heteroatoms. The van der Waals surface area contributed by atoms with E-state index in [0.717, 1.165) is 12.1 Å². The Hall–Kier alpha value is -2.22. The Labute approximate surface area is 213 Å². The van der Waals surface area contributed by atoms with Crippen LogP contribution in [0.3, 0.4) is 0 Å². The first-order valence-electron chi connectivity index (χ1n) is 11.3. The van der Waals surface area contributed by atoms with Crippen LogP contribution in [0.25, 0.3) is 0 Å². The maximum absolute atomic E-state index is 14.0. The summed E-state index contributed by atoms with van der Waals surface area (Å²) in [6.45, 7) is 0.803. The van der Waals surface area contributed by atoms with Crippen LogP contribution in [0, 0.1) is 11.6 Å². The van der Waals surface area contributed by atoms with Gasteiger partial charge in [-0.25, -0.2) is 31.0 Å². The first-order valence-corrected chi connectivity index (χ1v) is 12.7.